The van der Waals surface area contributed by atoms with Crippen LogP contribution in [0.2, 0.25) is 0 Å². The molecule has 0 radical (unpaired) electrons. The van der Waals surface area contributed by atoms with E-state index in [1.54, 1.807) is 0 Å². The van der Waals surface area contributed by atoms with Crippen LogP contribution >= 0.6 is 0 Å². The summed E-state index contributed by atoms with van der Waals surface area (Å²) in [7, 11) is 0. The van der Waals surface area contributed by atoms with E-state index in [9.17, 15) is 0 Å². The van der Waals surface area contributed by atoms with Crippen molar-refractivity contribution in [1.29, 1.82) is 0 Å². The predicted octanol–water partition coefficient (Wildman–Crippen LogP) is 1.65. The van der Waals surface area contributed by atoms with Gasteiger partial charge in [0.2, 0.25) is 5.89 Å². The Kier molecular flexibility index (Phi) is 4.71. The van der Waals surface area contributed by atoms with Gasteiger partial charge >= 0.3 is 0 Å². The van der Waals surface area contributed by atoms with Crippen LogP contribution in [-0.4, -0.2) is 16.7 Å². The summed E-state index contributed by atoms with van der Waals surface area (Å²) in [5, 5.41) is 3.80. The highest BCUT2D eigenvalue weighted by Crippen LogP contribution is 2.19. The molecule has 0 aromatic carbocycles. The number of nitrogens with zero attached hydrogens (tertiary/aromatic N) is 2. The molecule has 0 fully saturated rings. The lowest BCUT2D eigenvalue weighted by Gasteiger charge is -2.12. The van der Waals surface area contributed by atoms with Gasteiger partial charge in [-0.1, -0.05) is 25.4 Å². The van der Waals surface area contributed by atoms with Crippen molar-refractivity contribution >= 4 is 0 Å². The molecule has 0 saturated heterocycles. The summed E-state index contributed by atoms with van der Waals surface area (Å²) >= 11 is 0. The molecule has 0 bridgehead atoms. The molecule has 1 aromatic heterocycles. The van der Waals surface area contributed by atoms with Gasteiger partial charge < -0.3 is 15.0 Å². The summed E-state index contributed by atoms with van der Waals surface area (Å²) in [6, 6.07) is -0.183. The van der Waals surface area contributed by atoms with Crippen molar-refractivity contribution in [3.05, 3.63) is 11.7 Å². The fourth-order valence-corrected chi connectivity index (χ4v) is 1.15. The Bertz CT molecular complexity index is 288. The van der Waals surface area contributed by atoms with Crippen molar-refractivity contribution in [2.24, 2.45) is 11.7 Å². The highest BCUT2D eigenvalue weighted by atomic mass is 16.5. The smallest absolute Gasteiger partial charge is 0.243 e. The first kappa shape index (κ1) is 12.1. The highest BCUT2D eigenvalue weighted by molar-refractivity contribution is 4.92. The van der Waals surface area contributed by atoms with Crippen molar-refractivity contribution in [2.75, 3.05) is 6.61 Å². The monoisotopic (exact) mass is 213 g/mol. The number of ether oxygens (including phenoxy) is 1. The molecular formula is C10H19N3O2. The normalized spacial score (nSPS) is 15.2. The molecule has 1 heterocycles. The van der Waals surface area contributed by atoms with Gasteiger partial charge in [-0.2, -0.15) is 4.98 Å². The first-order valence-electron chi connectivity index (χ1n) is 5.34. The molecule has 86 valence electrons. The summed E-state index contributed by atoms with van der Waals surface area (Å²) in [5.74, 6) is 1.40. The van der Waals surface area contributed by atoms with Gasteiger partial charge in [-0.15, -0.1) is 0 Å². The van der Waals surface area contributed by atoms with Crippen molar-refractivity contribution in [3.8, 4) is 0 Å². The van der Waals surface area contributed by atoms with E-state index in [4.69, 9.17) is 15.0 Å². The number of hydrogen-bond acceptors (Lipinski definition) is 5. The van der Waals surface area contributed by atoms with Crippen LogP contribution in [0.15, 0.2) is 4.52 Å². The molecule has 0 aliphatic rings. The Morgan fingerprint density at radius 3 is 2.80 bits per heavy atom. The first-order chi connectivity index (χ1) is 7.19. The topological polar surface area (TPSA) is 74.2 Å². The molecular weight excluding hydrogens is 194 g/mol. The van der Waals surface area contributed by atoms with E-state index in [1.807, 2.05) is 6.92 Å². The molecule has 2 atom stereocenters. The third-order valence-electron chi connectivity index (χ3n) is 2.46. The minimum absolute atomic E-state index is 0.183. The zero-order valence-corrected chi connectivity index (χ0v) is 9.56. The minimum Gasteiger partial charge on any atom is -0.374 e. The molecule has 15 heavy (non-hydrogen) atoms. The molecule has 1 unspecified atom stereocenters. The number of aromatic nitrogens is 2. The third-order valence-corrected chi connectivity index (χ3v) is 2.46. The Morgan fingerprint density at radius 2 is 2.20 bits per heavy atom. The van der Waals surface area contributed by atoms with E-state index in [-0.39, 0.29) is 6.04 Å². The van der Waals surface area contributed by atoms with Crippen LogP contribution in [0, 0.1) is 5.92 Å². The van der Waals surface area contributed by atoms with Crippen LogP contribution < -0.4 is 5.73 Å². The molecule has 0 amide bonds. The Labute approximate surface area is 90.0 Å². The number of hydrogen-bond donors (Lipinski definition) is 1. The number of rotatable bonds is 6. The molecule has 0 aliphatic carbocycles. The summed E-state index contributed by atoms with van der Waals surface area (Å²) in [4.78, 5) is 4.19. The predicted molar refractivity (Wildman–Crippen MR) is 56.0 cm³/mol. The van der Waals surface area contributed by atoms with Crippen molar-refractivity contribution < 1.29 is 9.26 Å². The molecule has 0 aliphatic heterocycles. The van der Waals surface area contributed by atoms with Crippen LogP contribution in [0.5, 0.6) is 0 Å². The summed E-state index contributed by atoms with van der Waals surface area (Å²) in [6.45, 7) is 7.10. The van der Waals surface area contributed by atoms with Crippen LogP contribution in [0.4, 0.5) is 0 Å². The van der Waals surface area contributed by atoms with Crippen molar-refractivity contribution in [1.82, 2.24) is 10.1 Å². The second-order valence-electron chi connectivity index (χ2n) is 3.60. The van der Waals surface area contributed by atoms with Gasteiger partial charge in [0.1, 0.15) is 6.61 Å². The number of nitrogens with two attached hydrogens (primary N) is 1. The van der Waals surface area contributed by atoms with Gasteiger partial charge in [0.25, 0.3) is 0 Å². The van der Waals surface area contributed by atoms with Crippen molar-refractivity contribution in [3.63, 3.8) is 0 Å². The standard InChI is InChI=1S/C10H19N3O2/c1-4-7(3)9(11)10-12-8(13-15-10)6-14-5-2/h7,9H,4-6,11H2,1-3H3/t7?,9-/m0/s1. The maximum Gasteiger partial charge on any atom is 0.243 e. The van der Waals surface area contributed by atoms with Gasteiger partial charge in [0.15, 0.2) is 5.82 Å². The zero-order valence-electron chi connectivity index (χ0n) is 9.56. The van der Waals surface area contributed by atoms with E-state index in [0.29, 0.717) is 30.8 Å². The van der Waals surface area contributed by atoms with Crippen LogP contribution in [0.25, 0.3) is 0 Å². The van der Waals surface area contributed by atoms with Gasteiger partial charge in [-0.25, -0.2) is 0 Å². The van der Waals surface area contributed by atoms with Crippen LogP contribution in [-0.2, 0) is 11.3 Å². The summed E-state index contributed by atoms with van der Waals surface area (Å²) in [6.07, 6.45) is 0.990. The van der Waals surface area contributed by atoms with Gasteiger partial charge in [0.05, 0.1) is 6.04 Å². The van der Waals surface area contributed by atoms with E-state index < -0.39 is 0 Å². The zero-order chi connectivity index (χ0) is 11.3. The molecule has 1 rings (SSSR count). The lowest BCUT2D eigenvalue weighted by atomic mass is 10.0. The van der Waals surface area contributed by atoms with Gasteiger partial charge in [-0.05, 0) is 12.8 Å². The second kappa shape index (κ2) is 5.82. The lowest BCUT2D eigenvalue weighted by Crippen LogP contribution is -2.18. The largest absolute Gasteiger partial charge is 0.374 e. The average molecular weight is 213 g/mol. The van der Waals surface area contributed by atoms with E-state index in [2.05, 4.69) is 24.0 Å². The third kappa shape index (κ3) is 3.28. The SMILES string of the molecule is CCOCc1noc([C@@H](N)C(C)CC)n1. The summed E-state index contributed by atoms with van der Waals surface area (Å²) < 4.78 is 10.3. The molecule has 2 N–H and O–H groups in total. The van der Waals surface area contributed by atoms with Gasteiger partial charge in [0, 0.05) is 6.61 Å². The minimum atomic E-state index is -0.183. The van der Waals surface area contributed by atoms with E-state index >= 15 is 0 Å². The molecule has 5 nitrogen and oxygen atoms in total. The first-order valence-corrected chi connectivity index (χ1v) is 5.34. The van der Waals surface area contributed by atoms with Crippen LogP contribution in [0.1, 0.15) is 44.9 Å². The van der Waals surface area contributed by atoms with Gasteiger partial charge in [-0.3, -0.25) is 0 Å². The quantitative estimate of drug-likeness (QED) is 0.777. The Balaban J connectivity index is 2.58. The Morgan fingerprint density at radius 1 is 1.47 bits per heavy atom. The maximum atomic E-state index is 5.95. The molecule has 1 aromatic rings. The van der Waals surface area contributed by atoms with Crippen LogP contribution in [0.3, 0.4) is 0 Å². The second-order valence-corrected chi connectivity index (χ2v) is 3.60. The molecule has 5 heteroatoms. The summed E-state index contributed by atoms with van der Waals surface area (Å²) in [5.41, 5.74) is 5.95. The Hall–Kier alpha value is -0.940. The highest BCUT2D eigenvalue weighted by Gasteiger charge is 2.19. The molecule has 0 saturated carbocycles. The van der Waals surface area contributed by atoms with E-state index in [1.165, 1.54) is 0 Å². The average Bonchev–Trinajstić information content (AvgIpc) is 2.72. The van der Waals surface area contributed by atoms with Crippen molar-refractivity contribution in [2.45, 2.75) is 39.8 Å². The fraction of sp³-hybridized carbons (Fsp3) is 0.800. The fourth-order valence-electron chi connectivity index (χ4n) is 1.15. The van der Waals surface area contributed by atoms with E-state index in [0.717, 1.165) is 6.42 Å². The molecule has 0 spiro atoms. The maximum absolute atomic E-state index is 5.95. The lowest BCUT2D eigenvalue weighted by molar-refractivity contribution is 0.126.